The Labute approximate surface area is 122 Å². The molecular weight excluding hydrogens is 256 g/mol. The SMILES string of the molecule is C/C=C\C.COC(=O)C1CCC2(C1)OCC(C)(C)CO2. The summed E-state index contributed by atoms with van der Waals surface area (Å²) in [5.41, 5.74) is 0.0780. The van der Waals surface area contributed by atoms with Crippen LogP contribution in [0.15, 0.2) is 12.2 Å². The Morgan fingerprint density at radius 1 is 1.20 bits per heavy atom. The van der Waals surface area contributed by atoms with Crippen molar-refractivity contribution in [2.24, 2.45) is 11.3 Å². The summed E-state index contributed by atoms with van der Waals surface area (Å²) in [5, 5.41) is 0. The molecule has 0 radical (unpaired) electrons. The van der Waals surface area contributed by atoms with E-state index < -0.39 is 5.79 Å². The number of carbonyl (C=O) groups excluding carboxylic acids is 1. The van der Waals surface area contributed by atoms with E-state index >= 15 is 0 Å². The minimum Gasteiger partial charge on any atom is -0.469 e. The molecule has 1 atom stereocenters. The Kier molecular flexibility index (Phi) is 6.21. The van der Waals surface area contributed by atoms with Gasteiger partial charge in [-0.2, -0.15) is 0 Å². The molecular formula is C16H28O4. The summed E-state index contributed by atoms with van der Waals surface area (Å²) in [7, 11) is 1.43. The number of ether oxygens (including phenoxy) is 3. The molecule has 2 rings (SSSR count). The highest BCUT2D eigenvalue weighted by Crippen LogP contribution is 2.43. The van der Waals surface area contributed by atoms with Gasteiger partial charge >= 0.3 is 5.97 Å². The van der Waals surface area contributed by atoms with Crippen LogP contribution in [0.25, 0.3) is 0 Å². The van der Waals surface area contributed by atoms with Gasteiger partial charge in [0, 0.05) is 18.3 Å². The maximum atomic E-state index is 11.4. The fourth-order valence-electron chi connectivity index (χ4n) is 2.34. The molecule has 0 amide bonds. The first kappa shape index (κ1) is 17.2. The second-order valence-corrected chi connectivity index (χ2v) is 6.28. The molecule has 0 bridgehead atoms. The van der Waals surface area contributed by atoms with Crippen LogP contribution in [0.1, 0.15) is 47.0 Å². The van der Waals surface area contributed by atoms with Crippen LogP contribution >= 0.6 is 0 Å². The average molecular weight is 284 g/mol. The number of hydrogen-bond acceptors (Lipinski definition) is 4. The largest absolute Gasteiger partial charge is 0.469 e. The molecule has 1 heterocycles. The van der Waals surface area contributed by atoms with Gasteiger partial charge in [-0.05, 0) is 20.3 Å². The smallest absolute Gasteiger partial charge is 0.308 e. The van der Waals surface area contributed by atoms with Crippen molar-refractivity contribution in [1.29, 1.82) is 0 Å². The summed E-state index contributed by atoms with van der Waals surface area (Å²) in [6.07, 6.45) is 6.23. The maximum Gasteiger partial charge on any atom is 0.308 e. The molecule has 0 aromatic rings. The number of carbonyl (C=O) groups is 1. The van der Waals surface area contributed by atoms with Crippen molar-refractivity contribution in [2.75, 3.05) is 20.3 Å². The predicted octanol–water partition coefficient (Wildman–Crippen LogP) is 3.31. The number of esters is 1. The van der Waals surface area contributed by atoms with Crippen LogP contribution in [0.4, 0.5) is 0 Å². The molecule has 4 heteroatoms. The summed E-state index contributed by atoms with van der Waals surface area (Å²) in [4.78, 5) is 11.4. The van der Waals surface area contributed by atoms with E-state index in [2.05, 4.69) is 13.8 Å². The summed E-state index contributed by atoms with van der Waals surface area (Å²) in [5.74, 6) is -0.728. The third-order valence-electron chi connectivity index (χ3n) is 3.75. The lowest BCUT2D eigenvalue weighted by molar-refractivity contribution is -0.295. The van der Waals surface area contributed by atoms with Gasteiger partial charge < -0.3 is 14.2 Å². The zero-order valence-corrected chi connectivity index (χ0v) is 13.4. The van der Waals surface area contributed by atoms with Crippen LogP contribution in [-0.4, -0.2) is 32.1 Å². The summed E-state index contributed by atoms with van der Waals surface area (Å²) in [6, 6.07) is 0. The Balaban J connectivity index is 0.000000444. The zero-order valence-electron chi connectivity index (χ0n) is 13.4. The van der Waals surface area contributed by atoms with Crippen LogP contribution in [0.3, 0.4) is 0 Å². The second kappa shape index (κ2) is 7.23. The van der Waals surface area contributed by atoms with E-state index in [4.69, 9.17) is 14.2 Å². The van der Waals surface area contributed by atoms with Gasteiger partial charge in [-0.1, -0.05) is 26.0 Å². The van der Waals surface area contributed by atoms with E-state index in [0.29, 0.717) is 19.6 Å². The molecule has 1 aliphatic heterocycles. The van der Waals surface area contributed by atoms with Gasteiger partial charge in [0.2, 0.25) is 0 Å². The normalized spacial score (nSPS) is 27.1. The monoisotopic (exact) mass is 284 g/mol. The molecule has 4 nitrogen and oxygen atoms in total. The molecule has 1 saturated heterocycles. The van der Waals surface area contributed by atoms with Gasteiger partial charge in [-0.15, -0.1) is 0 Å². The minimum absolute atomic E-state index is 0.0637. The van der Waals surface area contributed by atoms with Crippen LogP contribution in [0.5, 0.6) is 0 Å². The van der Waals surface area contributed by atoms with E-state index in [1.807, 2.05) is 26.0 Å². The van der Waals surface area contributed by atoms with Crippen molar-refractivity contribution in [3.8, 4) is 0 Å². The van der Waals surface area contributed by atoms with Gasteiger partial charge in [-0.3, -0.25) is 4.79 Å². The molecule has 20 heavy (non-hydrogen) atoms. The fourth-order valence-corrected chi connectivity index (χ4v) is 2.34. The van der Waals surface area contributed by atoms with Gasteiger partial charge in [0.05, 0.1) is 26.2 Å². The molecule has 0 N–H and O–H groups in total. The van der Waals surface area contributed by atoms with E-state index in [1.54, 1.807) is 0 Å². The lowest BCUT2D eigenvalue weighted by Gasteiger charge is -2.41. The highest BCUT2D eigenvalue weighted by Gasteiger charge is 2.48. The van der Waals surface area contributed by atoms with Gasteiger partial charge in [-0.25, -0.2) is 0 Å². The standard InChI is InChI=1S/C12H20O4.C4H8/c1-11(2)7-15-12(16-8-11)5-4-9(6-12)10(13)14-3;1-3-4-2/h9H,4-8H2,1-3H3;3-4H,1-2H3/b;4-3-. The van der Waals surface area contributed by atoms with E-state index in [1.165, 1.54) is 7.11 Å². The first-order valence-corrected chi connectivity index (χ1v) is 7.31. The highest BCUT2D eigenvalue weighted by molar-refractivity contribution is 5.72. The Morgan fingerprint density at radius 2 is 1.75 bits per heavy atom. The second-order valence-electron chi connectivity index (χ2n) is 6.28. The third-order valence-corrected chi connectivity index (χ3v) is 3.75. The van der Waals surface area contributed by atoms with Gasteiger partial charge in [0.25, 0.3) is 0 Å². The number of allylic oxidation sites excluding steroid dienone is 2. The number of hydrogen-bond donors (Lipinski definition) is 0. The minimum atomic E-state index is -0.519. The first-order chi connectivity index (χ1) is 9.38. The predicted molar refractivity (Wildman–Crippen MR) is 78.3 cm³/mol. The van der Waals surface area contributed by atoms with E-state index in [9.17, 15) is 4.79 Å². The van der Waals surface area contributed by atoms with Crippen LogP contribution in [0, 0.1) is 11.3 Å². The average Bonchev–Trinajstić information content (AvgIpc) is 2.87. The molecule has 2 aliphatic rings. The van der Waals surface area contributed by atoms with Gasteiger partial charge in [0.15, 0.2) is 5.79 Å². The highest BCUT2D eigenvalue weighted by atomic mass is 16.7. The molecule has 2 fully saturated rings. The van der Waals surface area contributed by atoms with Crippen molar-refractivity contribution in [1.82, 2.24) is 0 Å². The summed E-state index contributed by atoms with van der Waals surface area (Å²) >= 11 is 0. The Bertz CT molecular complexity index is 332. The van der Waals surface area contributed by atoms with Gasteiger partial charge in [0.1, 0.15) is 0 Å². The van der Waals surface area contributed by atoms with Crippen molar-refractivity contribution in [3.05, 3.63) is 12.2 Å². The van der Waals surface area contributed by atoms with Crippen LogP contribution in [-0.2, 0) is 19.0 Å². The molecule has 1 spiro atoms. The molecule has 1 unspecified atom stereocenters. The molecule has 1 aliphatic carbocycles. The zero-order chi connectivity index (χ0) is 15.2. The van der Waals surface area contributed by atoms with Crippen molar-refractivity contribution in [2.45, 2.75) is 52.7 Å². The van der Waals surface area contributed by atoms with Crippen LogP contribution in [0.2, 0.25) is 0 Å². The molecule has 0 aromatic carbocycles. The van der Waals surface area contributed by atoms with Crippen molar-refractivity contribution >= 4 is 5.97 Å². The lowest BCUT2D eigenvalue weighted by atomic mass is 9.94. The topological polar surface area (TPSA) is 44.8 Å². The summed E-state index contributed by atoms with van der Waals surface area (Å²) < 4.78 is 16.4. The third kappa shape index (κ3) is 4.60. The molecule has 0 aromatic heterocycles. The Morgan fingerprint density at radius 3 is 2.20 bits per heavy atom. The first-order valence-electron chi connectivity index (χ1n) is 7.31. The molecule has 116 valence electrons. The van der Waals surface area contributed by atoms with E-state index in [-0.39, 0.29) is 17.3 Å². The number of rotatable bonds is 1. The summed E-state index contributed by atoms with van der Waals surface area (Å²) in [6.45, 7) is 9.63. The van der Waals surface area contributed by atoms with E-state index in [0.717, 1.165) is 12.8 Å². The van der Waals surface area contributed by atoms with Crippen LogP contribution < -0.4 is 0 Å². The number of methoxy groups -OCH3 is 1. The quantitative estimate of drug-likeness (QED) is 0.547. The Hall–Kier alpha value is -0.870. The van der Waals surface area contributed by atoms with Crippen molar-refractivity contribution < 1.29 is 19.0 Å². The molecule has 1 saturated carbocycles. The maximum absolute atomic E-state index is 11.4. The van der Waals surface area contributed by atoms with Crippen molar-refractivity contribution in [3.63, 3.8) is 0 Å². The lowest BCUT2D eigenvalue weighted by Crippen LogP contribution is -2.46. The fraction of sp³-hybridized carbons (Fsp3) is 0.812.